The molecule has 0 N–H and O–H groups in total. The summed E-state index contributed by atoms with van der Waals surface area (Å²) >= 11 is 1.65. The van der Waals surface area contributed by atoms with E-state index >= 15 is 0 Å². The van der Waals surface area contributed by atoms with Crippen molar-refractivity contribution in [1.82, 2.24) is 14.9 Å². The highest BCUT2D eigenvalue weighted by atomic mass is 32.1. The molecule has 1 fully saturated rings. The van der Waals surface area contributed by atoms with Gasteiger partial charge >= 0.3 is 0 Å². The number of amides is 1. The van der Waals surface area contributed by atoms with Crippen LogP contribution in [0.1, 0.15) is 6.92 Å². The maximum atomic E-state index is 11.4. The Morgan fingerprint density at radius 1 is 1.08 bits per heavy atom. The van der Waals surface area contributed by atoms with Gasteiger partial charge in [0.15, 0.2) is 0 Å². The molecule has 122 valence electrons. The first-order valence-corrected chi connectivity index (χ1v) is 8.89. The molecule has 0 unspecified atom stereocenters. The fourth-order valence-electron chi connectivity index (χ4n) is 3.04. The third-order valence-electron chi connectivity index (χ3n) is 4.46. The Hall–Kier alpha value is -2.47. The highest BCUT2D eigenvalue weighted by molar-refractivity contribution is 7.16. The van der Waals surface area contributed by atoms with Crippen LogP contribution < -0.4 is 4.90 Å². The minimum atomic E-state index is 0.153. The van der Waals surface area contributed by atoms with Crippen LogP contribution in [0.3, 0.4) is 0 Å². The molecule has 1 aliphatic heterocycles. The molecule has 5 nitrogen and oxygen atoms in total. The Bertz CT molecular complexity index is 866. The minimum absolute atomic E-state index is 0.153. The summed E-state index contributed by atoms with van der Waals surface area (Å²) in [6.45, 7) is 4.89. The molecule has 2 aromatic heterocycles. The number of thiazole rings is 1. The van der Waals surface area contributed by atoms with Gasteiger partial charge in [0.05, 0.1) is 33.3 Å². The lowest BCUT2D eigenvalue weighted by atomic mass is 10.1. The quantitative estimate of drug-likeness (QED) is 0.721. The van der Waals surface area contributed by atoms with E-state index in [1.165, 1.54) is 4.70 Å². The van der Waals surface area contributed by atoms with Gasteiger partial charge in [-0.2, -0.15) is 0 Å². The van der Waals surface area contributed by atoms with Crippen LogP contribution in [-0.2, 0) is 4.79 Å². The van der Waals surface area contributed by atoms with Crippen molar-refractivity contribution in [1.29, 1.82) is 0 Å². The summed E-state index contributed by atoms with van der Waals surface area (Å²) in [5, 5.41) is 0. The molecule has 6 heteroatoms. The molecule has 0 radical (unpaired) electrons. The normalized spacial score (nSPS) is 15.0. The molecule has 4 rings (SSSR count). The summed E-state index contributed by atoms with van der Waals surface area (Å²) < 4.78 is 1.19. The van der Waals surface area contributed by atoms with Crippen LogP contribution in [0.2, 0.25) is 0 Å². The van der Waals surface area contributed by atoms with Gasteiger partial charge in [-0.15, -0.1) is 11.3 Å². The average molecular weight is 338 g/mol. The summed E-state index contributed by atoms with van der Waals surface area (Å²) in [7, 11) is 0. The van der Waals surface area contributed by atoms with Gasteiger partial charge in [0.25, 0.3) is 0 Å². The molecule has 0 saturated carbocycles. The van der Waals surface area contributed by atoms with Gasteiger partial charge in [-0.25, -0.2) is 4.98 Å². The Morgan fingerprint density at radius 2 is 1.92 bits per heavy atom. The summed E-state index contributed by atoms with van der Waals surface area (Å²) in [5.41, 5.74) is 6.03. The summed E-state index contributed by atoms with van der Waals surface area (Å²) in [6, 6.07) is 10.4. The predicted molar refractivity (Wildman–Crippen MR) is 97.3 cm³/mol. The topological polar surface area (TPSA) is 49.3 Å². The van der Waals surface area contributed by atoms with Crippen molar-refractivity contribution in [2.45, 2.75) is 6.92 Å². The molecular formula is C18H18N4OS. The number of hydrogen-bond acceptors (Lipinski definition) is 5. The first kappa shape index (κ1) is 15.1. The Balaban J connectivity index is 1.51. The molecule has 1 saturated heterocycles. The van der Waals surface area contributed by atoms with E-state index in [0.29, 0.717) is 0 Å². The molecule has 1 aliphatic rings. The second-order valence-electron chi connectivity index (χ2n) is 5.93. The van der Waals surface area contributed by atoms with Gasteiger partial charge in [0.2, 0.25) is 5.91 Å². The number of carbonyl (C=O) groups excluding carboxylic acids is 1. The standard InChI is InChI=1S/C18H18N4OS/c1-13(23)21-6-8-22(9-7-21)15-3-4-16(19-11-15)14-2-5-18-17(10-14)20-12-24-18/h2-5,10-12H,6-9H2,1H3. The van der Waals surface area contributed by atoms with Crippen molar-refractivity contribution in [3.05, 3.63) is 42.0 Å². The molecule has 1 amide bonds. The first-order valence-electron chi connectivity index (χ1n) is 8.01. The Labute approximate surface area is 144 Å². The first-order chi connectivity index (χ1) is 11.7. The third-order valence-corrected chi connectivity index (χ3v) is 5.27. The minimum Gasteiger partial charge on any atom is -0.367 e. The fourth-order valence-corrected chi connectivity index (χ4v) is 3.70. The van der Waals surface area contributed by atoms with E-state index in [0.717, 1.165) is 48.6 Å². The molecule has 0 atom stereocenters. The number of rotatable bonds is 2. The second-order valence-corrected chi connectivity index (χ2v) is 6.82. The SMILES string of the molecule is CC(=O)N1CCN(c2ccc(-c3ccc4scnc4c3)nc2)CC1. The molecule has 24 heavy (non-hydrogen) atoms. The van der Waals surface area contributed by atoms with Gasteiger partial charge in [0, 0.05) is 38.7 Å². The maximum Gasteiger partial charge on any atom is 0.219 e. The van der Waals surface area contributed by atoms with E-state index in [2.05, 4.69) is 45.2 Å². The summed E-state index contributed by atoms with van der Waals surface area (Å²) in [5.74, 6) is 0.153. The molecular weight excluding hydrogens is 320 g/mol. The van der Waals surface area contributed by atoms with Crippen molar-refractivity contribution in [2.24, 2.45) is 0 Å². The Kier molecular flexibility index (Phi) is 3.90. The number of carbonyl (C=O) groups is 1. The Morgan fingerprint density at radius 3 is 2.62 bits per heavy atom. The number of benzene rings is 1. The lowest BCUT2D eigenvalue weighted by Crippen LogP contribution is -2.48. The van der Waals surface area contributed by atoms with Crippen molar-refractivity contribution in [2.75, 3.05) is 31.1 Å². The van der Waals surface area contributed by atoms with Crippen LogP contribution in [0.4, 0.5) is 5.69 Å². The number of aromatic nitrogens is 2. The monoisotopic (exact) mass is 338 g/mol. The summed E-state index contributed by atoms with van der Waals surface area (Å²) in [4.78, 5) is 24.6. The van der Waals surface area contributed by atoms with Crippen LogP contribution in [0, 0.1) is 0 Å². The largest absolute Gasteiger partial charge is 0.367 e. The average Bonchev–Trinajstić information content (AvgIpc) is 3.09. The van der Waals surface area contributed by atoms with E-state index in [1.807, 2.05) is 16.6 Å². The molecule has 3 aromatic rings. The number of anilines is 1. The number of fused-ring (bicyclic) bond motifs is 1. The zero-order valence-electron chi connectivity index (χ0n) is 13.5. The molecule has 3 heterocycles. The van der Waals surface area contributed by atoms with Gasteiger partial charge < -0.3 is 9.80 Å². The lowest BCUT2D eigenvalue weighted by Gasteiger charge is -2.35. The van der Waals surface area contributed by atoms with Crippen molar-refractivity contribution < 1.29 is 4.79 Å². The fraction of sp³-hybridized carbons (Fsp3) is 0.278. The van der Waals surface area contributed by atoms with Crippen LogP contribution in [0.25, 0.3) is 21.5 Å². The van der Waals surface area contributed by atoms with Gasteiger partial charge in [-0.05, 0) is 24.3 Å². The number of nitrogens with zero attached hydrogens (tertiary/aromatic N) is 4. The van der Waals surface area contributed by atoms with E-state index < -0.39 is 0 Å². The van der Waals surface area contributed by atoms with Gasteiger partial charge in [0.1, 0.15) is 0 Å². The number of piperazine rings is 1. The second kappa shape index (κ2) is 6.20. The van der Waals surface area contributed by atoms with Crippen molar-refractivity contribution in [3.63, 3.8) is 0 Å². The molecule has 0 aliphatic carbocycles. The highest BCUT2D eigenvalue weighted by Gasteiger charge is 2.18. The number of pyridine rings is 1. The van der Waals surface area contributed by atoms with E-state index in [1.54, 1.807) is 18.3 Å². The zero-order valence-corrected chi connectivity index (χ0v) is 14.3. The van der Waals surface area contributed by atoms with Crippen LogP contribution >= 0.6 is 11.3 Å². The van der Waals surface area contributed by atoms with Gasteiger partial charge in [-0.3, -0.25) is 9.78 Å². The maximum absolute atomic E-state index is 11.4. The van der Waals surface area contributed by atoms with E-state index in [4.69, 9.17) is 0 Å². The van der Waals surface area contributed by atoms with E-state index in [-0.39, 0.29) is 5.91 Å². The molecule has 0 spiro atoms. The molecule has 1 aromatic carbocycles. The van der Waals surface area contributed by atoms with Crippen LogP contribution in [0.5, 0.6) is 0 Å². The third kappa shape index (κ3) is 2.85. The van der Waals surface area contributed by atoms with Crippen LogP contribution in [0.15, 0.2) is 42.0 Å². The molecule has 0 bridgehead atoms. The summed E-state index contributed by atoms with van der Waals surface area (Å²) in [6.07, 6.45) is 1.92. The van der Waals surface area contributed by atoms with Gasteiger partial charge in [-0.1, -0.05) is 6.07 Å². The number of hydrogen-bond donors (Lipinski definition) is 0. The van der Waals surface area contributed by atoms with E-state index in [9.17, 15) is 4.79 Å². The zero-order chi connectivity index (χ0) is 16.5. The van der Waals surface area contributed by atoms with Crippen LogP contribution in [-0.4, -0.2) is 47.0 Å². The van der Waals surface area contributed by atoms with Crippen molar-refractivity contribution in [3.8, 4) is 11.3 Å². The smallest absolute Gasteiger partial charge is 0.219 e. The predicted octanol–water partition coefficient (Wildman–Crippen LogP) is 3.03. The lowest BCUT2D eigenvalue weighted by molar-refractivity contribution is -0.129. The van der Waals surface area contributed by atoms with Crippen molar-refractivity contribution >= 4 is 33.1 Å². The highest BCUT2D eigenvalue weighted by Crippen LogP contribution is 2.26.